The fourth-order valence-corrected chi connectivity index (χ4v) is 4.31. The lowest BCUT2D eigenvalue weighted by Crippen LogP contribution is -2.41. The van der Waals surface area contributed by atoms with Crippen molar-refractivity contribution in [3.63, 3.8) is 0 Å². The van der Waals surface area contributed by atoms with E-state index in [0.29, 0.717) is 5.56 Å². The van der Waals surface area contributed by atoms with Crippen LogP contribution in [0.1, 0.15) is 30.4 Å². The predicted octanol–water partition coefficient (Wildman–Crippen LogP) is 1.44. The van der Waals surface area contributed by atoms with Crippen molar-refractivity contribution in [3.05, 3.63) is 29.1 Å². The van der Waals surface area contributed by atoms with Gasteiger partial charge in [0.15, 0.2) is 0 Å². The number of nitrogens with two attached hydrogens (primary N) is 1. The van der Waals surface area contributed by atoms with E-state index in [0.717, 1.165) is 19.3 Å². The minimum atomic E-state index is -3.80. The van der Waals surface area contributed by atoms with Gasteiger partial charge in [0, 0.05) is 25.3 Å². The Hall–Kier alpha value is -1.02. The fraction of sp³-hybridized carbons (Fsp3) is 0.571. The third kappa shape index (κ3) is 3.42. The maximum atomic E-state index is 13.8. The molecular formula is C14H21FN2O3S. The highest BCUT2D eigenvalue weighted by Gasteiger charge is 2.32. The number of methoxy groups -OCH3 is 1. The maximum Gasteiger partial charge on any atom is 0.241 e. The molecule has 0 radical (unpaired) electrons. The Morgan fingerprint density at radius 3 is 2.76 bits per heavy atom. The molecule has 0 bridgehead atoms. The smallest absolute Gasteiger partial charge is 0.241 e. The van der Waals surface area contributed by atoms with Gasteiger partial charge in [0.1, 0.15) is 5.82 Å². The highest BCUT2D eigenvalue weighted by molar-refractivity contribution is 7.89. The van der Waals surface area contributed by atoms with Crippen LogP contribution in [0.4, 0.5) is 4.39 Å². The van der Waals surface area contributed by atoms with Crippen LogP contribution in [-0.4, -0.2) is 27.7 Å². The summed E-state index contributed by atoms with van der Waals surface area (Å²) >= 11 is 0. The van der Waals surface area contributed by atoms with Crippen molar-refractivity contribution < 1.29 is 17.5 Å². The third-order valence-electron chi connectivity index (χ3n) is 3.94. The second-order valence-corrected chi connectivity index (χ2v) is 7.02. The first kappa shape index (κ1) is 16.4. The van der Waals surface area contributed by atoms with E-state index < -0.39 is 15.8 Å². The van der Waals surface area contributed by atoms with Gasteiger partial charge >= 0.3 is 0 Å². The van der Waals surface area contributed by atoms with E-state index in [9.17, 15) is 12.8 Å². The Balaban J connectivity index is 2.33. The highest BCUT2D eigenvalue weighted by atomic mass is 32.2. The molecule has 0 aromatic heterocycles. The minimum Gasteiger partial charge on any atom is -0.380 e. The second kappa shape index (κ2) is 6.39. The van der Waals surface area contributed by atoms with E-state index in [4.69, 9.17) is 10.5 Å². The van der Waals surface area contributed by atoms with Crippen molar-refractivity contribution >= 4 is 10.0 Å². The highest BCUT2D eigenvalue weighted by Crippen LogP contribution is 2.25. The van der Waals surface area contributed by atoms with Crippen LogP contribution in [0.5, 0.6) is 0 Å². The molecule has 3 N–H and O–H groups in total. The number of sulfonamides is 1. The number of ether oxygens (including phenoxy) is 1. The zero-order chi connectivity index (χ0) is 15.6. The van der Waals surface area contributed by atoms with Crippen molar-refractivity contribution in [2.75, 3.05) is 7.11 Å². The average molecular weight is 316 g/mol. The van der Waals surface area contributed by atoms with Gasteiger partial charge in [-0.2, -0.15) is 0 Å². The molecular weight excluding hydrogens is 295 g/mol. The van der Waals surface area contributed by atoms with Crippen molar-refractivity contribution in [2.45, 2.75) is 49.8 Å². The molecule has 0 saturated heterocycles. The van der Waals surface area contributed by atoms with E-state index >= 15 is 0 Å². The molecule has 7 heteroatoms. The van der Waals surface area contributed by atoms with Gasteiger partial charge in [-0.05, 0) is 43.9 Å². The van der Waals surface area contributed by atoms with Crippen molar-refractivity contribution in [1.82, 2.24) is 4.72 Å². The van der Waals surface area contributed by atoms with Crippen molar-refractivity contribution in [3.8, 4) is 0 Å². The SMILES string of the molecule is COC1CCCC1NS(=O)(=O)c1cc(CN)cc(F)c1C. The van der Waals surface area contributed by atoms with Gasteiger partial charge in [-0.3, -0.25) is 0 Å². The second-order valence-electron chi connectivity index (χ2n) is 5.34. The minimum absolute atomic E-state index is 0.0512. The van der Waals surface area contributed by atoms with Crippen LogP contribution < -0.4 is 10.5 Å². The first-order valence-electron chi connectivity index (χ1n) is 6.93. The van der Waals surface area contributed by atoms with Crippen LogP contribution in [0.3, 0.4) is 0 Å². The molecule has 2 atom stereocenters. The van der Waals surface area contributed by atoms with Crippen molar-refractivity contribution in [1.29, 1.82) is 0 Å². The van der Waals surface area contributed by atoms with Crippen molar-refractivity contribution in [2.24, 2.45) is 5.73 Å². The first-order valence-corrected chi connectivity index (χ1v) is 8.41. The zero-order valence-corrected chi connectivity index (χ0v) is 13.0. The molecule has 1 aromatic rings. The van der Waals surface area contributed by atoms with E-state index in [1.54, 1.807) is 7.11 Å². The van der Waals surface area contributed by atoms with Crippen LogP contribution in [0, 0.1) is 12.7 Å². The van der Waals surface area contributed by atoms with Gasteiger partial charge in [-0.25, -0.2) is 17.5 Å². The van der Waals surface area contributed by atoms with Gasteiger partial charge in [0.05, 0.1) is 11.0 Å². The summed E-state index contributed by atoms with van der Waals surface area (Å²) < 4.78 is 46.8. The van der Waals surface area contributed by atoms with Gasteiger partial charge in [-0.15, -0.1) is 0 Å². The summed E-state index contributed by atoms with van der Waals surface area (Å²) in [5.41, 5.74) is 6.04. The molecule has 1 fully saturated rings. The van der Waals surface area contributed by atoms with Gasteiger partial charge in [-0.1, -0.05) is 0 Å². The summed E-state index contributed by atoms with van der Waals surface area (Å²) in [6.45, 7) is 1.54. The van der Waals surface area contributed by atoms with E-state index in [-0.39, 0.29) is 29.1 Å². The summed E-state index contributed by atoms with van der Waals surface area (Å²) in [6.07, 6.45) is 2.31. The van der Waals surface area contributed by atoms with Crippen LogP contribution in [0.25, 0.3) is 0 Å². The lowest BCUT2D eigenvalue weighted by Gasteiger charge is -2.20. The Bertz CT molecular complexity index is 619. The lowest BCUT2D eigenvalue weighted by atomic mass is 10.1. The van der Waals surface area contributed by atoms with E-state index in [1.807, 2.05) is 0 Å². The molecule has 118 valence electrons. The molecule has 1 saturated carbocycles. The number of hydrogen-bond acceptors (Lipinski definition) is 4. The zero-order valence-electron chi connectivity index (χ0n) is 12.2. The molecule has 0 amide bonds. The summed E-state index contributed by atoms with van der Waals surface area (Å²) in [7, 11) is -2.23. The molecule has 0 aliphatic heterocycles. The van der Waals surface area contributed by atoms with Crippen LogP contribution in [0.2, 0.25) is 0 Å². The number of halogens is 1. The number of rotatable bonds is 5. The number of nitrogens with one attached hydrogen (secondary N) is 1. The quantitative estimate of drug-likeness (QED) is 0.861. The maximum absolute atomic E-state index is 13.8. The lowest BCUT2D eigenvalue weighted by molar-refractivity contribution is 0.0916. The molecule has 5 nitrogen and oxygen atoms in total. The molecule has 1 aliphatic rings. The standard InChI is InChI=1S/C14H21FN2O3S/c1-9-11(15)6-10(8-16)7-14(9)21(18,19)17-12-4-3-5-13(12)20-2/h6-7,12-13,17H,3-5,8,16H2,1-2H3. The van der Waals surface area contributed by atoms with Gasteiger partial charge in [0.25, 0.3) is 0 Å². The Kier molecular flexibility index (Phi) is 4.98. The fourth-order valence-electron chi connectivity index (χ4n) is 2.71. The predicted molar refractivity (Wildman–Crippen MR) is 77.8 cm³/mol. The largest absolute Gasteiger partial charge is 0.380 e. The normalized spacial score (nSPS) is 22.7. The van der Waals surface area contributed by atoms with E-state index in [2.05, 4.69) is 4.72 Å². The molecule has 21 heavy (non-hydrogen) atoms. The Labute approximate surface area is 124 Å². The summed E-state index contributed by atoms with van der Waals surface area (Å²) in [6, 6.07) is 2.42. The monoisotopic (exact) mass is 316 g/mol. The molecule has 1 aromatic carbocycles. The molecule has 0 spiro atoms. The first-order chi connectivity index (χ1) is 9.89. The molecule has 0 heterocycles. The van der Waals surface area contributed by atoms with Crippen LogP contribution in [0.15, 0.2) is 17.0 Å². The Morgan fingerprint density at radius 2 is 2.14 bits per heavy atom. The van der Waals surface area contributed by atoms with Gasteiger partial charge in [0.2, 0.25) is 10.0 Å². The number of hydrogen-bond donors (Lipinski definition) is 2. The summed E-state index contributed by atoms with van der Waals surface area (Å²) in [5.74, 6) is -0.562. The van der Waals surface area contributed by atoms with E-state index in [1.165, 1.54) is 19.1 Å². The number of benzene rings is 1. The Morgan fingerprint density at radius 1 is 1.43 bits per heavy atom. The molecule has 2 unspecified atom stereocenters. The third-order valence-corrected chi connectivity index (χ3v) is 5.56. The molecule has 1 aliphatic carbocycles. The summed E-state index contributed by atoms with van der Waals surface area (Å²) in [4.78, 5) is -0.0512. The average Bonchev–Trinajstić information content (AvgIpc) is 2.87. The van der Waals surface area contributed by atoms with Crippen LogP contribution in [-0.2, 0) is 21.3 Å². The topological polar surface area (TPSA) is 81.4 Å². The van der Waals surface area contributed by atoms with Crippen LogP contribution >= 0.6 is 0 Å². The van der Waals surface area contributed by atoms with Gasteiger partial charge < -0.3 is 10.5 Å². The molecule has 2 rings (SSSR count). The summed E-state index contributed by atoms with van der Waals surface area (Å²) in [5, 5.41) is 0.